The average molecular weight is 324 g/mol. The van der Waals surface area contributed by atoms with E-state index in [1.807, 2.05) is 0 Å². The molecule has 21 heavy (non-hydrogen) atoms. The van der Waals surface area contributed by atoms with E-state index in [-0.39, 0.29) is 23.6 Å². The van der Waals surface area contributed by atoms with Crippen LogP contribution in [-0.2, 0) is 10.3 Å². The molecule has 0 bridgehead atoms. The third-order valence-corrected chi connectivity index (χ3v) is 3.65. The Hall–Kier alpha value is -1.47. The van der Waals surface area contributed by atoms with Crippen LogP contribution < -0.4 is 5.32 Å². The molecule has 1 unspecified atom stereocenters. The van der Waals surface area contributed by atoms with E-state index in [0.29, 0.717) is 0 Å². The molecule has 4 nitrogen and oxygen atoms in total. The predicted molar refractivity (Wildman–Crippen MR) is 70.2 cm³/mol. The lowest BCUT2D eigenvalue weighted by molar-refractivity contribution is -0.275. The highest BCUT2D eigenvalue weighted by Gasteiger charge is 2.63. The van der Waals surface area contributed by atoms with Crippen molar-refractivity contribution in [3.8, 4) is 0 Å². The summed E-state index contributed by atoms with van der Waals surface area (Å²) in [6.07, 6.45) is -5.31. The minimum Gasteiger partial charge on any atom is -0.453 e. The van der Waals surface area contributed by atoms with Crippen LogP contribution in [0.4, 0.5) is 23.7 Å². The molecule has 1 aliphatic rings. The Balaban J connectivity index is 2.54. The molecule has 0 aromatic heterocycles. The third kappa shape index (κ3) is 2.94. The second-order valence-corrected chi connectivity index (χ2v) is 5.28. The zero-order valence-corrected chi connectivity index (χ0v) is 11.8. The van der Waals surface area contributed by atoms with E-state index in [1.165, 1.54) is 12.1 Å². The minimum atomic E-state index is -4.88. The number of amides is 1. The number of halogens is 4. The Bertz CT molecular complexity index is 560. The van der Waals surface area contributed by atoms with Crippen molar-refractivity contribution in [3.63, 3.8) is 0 Å². The molecule has 1 aliphatic carbocycles. The van der Waals surface area contributed by atoms with Crippen LogP contribution in [0.1, 0.15) is 18.4 Å². The fourth-order valence-corrected chi connectivity index (χ4v) is 2.38. The summed E-state index contributed by atoms with van der Waals surface area (Å²) in [5.41, 5.74) is -3.71. The maximum Gasteiger partial charge on any atom is 0.421 e. The highest BCUT2D eigenvalue weighted by molar-refractivity contribution is 6.30. The first-order chi connectivity index (χ1) is 9.70. The first-order valence-electron chi connectivity index (χ1n) is 6.14. The number of methoxy groups -OCH3 is 1. The van der Waals surface area contributed by atoms with Crippen molar-refractivity contribution in [1.29, 1.82) is 0 Å². The van der Waals surface area contributed by atoms with Crippen LogP contribution in [-0.4, -0.2) is 24.5 Å². The molecule has 1 saturated carbocycles. The summed E-state index contributed by atoms with van der Waals surface area (Å²) in [5, 5.41) is 12.5. The number of benzene rings is 1. The molecule has 1 atom stereocenters. The number of nitrogens with one attached hydrogen (secondary N) is 1. The zero-order valence-electron chi connectivity index (χ0n) is 11.0. The smallest absolute Gasteiger partial charge is 0.421 e. The van der Waals surface area contributed by atoms with Gasteiger partial charge in [-0.2, -0.15) is 13.2 Å². The molecule has 2 rings (SSSR count). The van der Waals surface area contributed by atoms with Gasteiger partial charge in [0.2, 0.25) is 0 Å². The summed E-state index contributed by atoms with van der Waals surface area (Å²) in [6.45, 7) is 0. The summed E-state index contributed by atoms with van der Waals surface area (Å²) in [5.74, 6) is -0.950. The molecule has 1 aromatic carbocycles. The second-order valence-electron chi connectivity index (χ2n) is 4.84. The van der Waals surface area contributed by atoms with Crippen LogP contribution in [0.15, 0.2) is 18.2 Å². The summed E-state index contributed by atoms with van der Waals surface area (Å²) in [6, 6.07) is 3.53. The van der Waals surface area contributed by atoms with E-state index in [4.69, 9.17) is 11.6 Å². The van der Waals surface area contributed by atoms with Crippen LogP contribution in [0.3, 0.4) is 0 Å². The lowest BCUT2D eigenvalue weighted by Gasteiger charge is -2.32. The van der Waals surface area contributed by atoms with E-state index in [0.717, 1.165) is 13.2 Å². The minimum absolute atomic E-state index is 0.0312. The van der Waals surface area contributed by atoms with E-state index in [9.17, 15) is 23.1 Å². The number of anilines is 1. The molecule has 0 heterocycles. The van der Waals surface area contributed by atoms with E-state index in [1.54, 1.807) is 0 Å². The van der Waals surface area contributed by atoms with Gasteiger partial charge < -0.3 is 9.84 Å². The van der Waals surface area contributed by atoms with Gasteiger partial charge in [-0.05, 0) is 31.0 Å². The Morgan fingerprint density at radius 3 is 2.52 bits per heavy atom. The van der Waals surface area contributed by atoms with Crippen LogP contribution in [0, 0.1) is 5.92 Å². The number of rotatable bonds is 3. The Labute approximate surface area is 123 Å². The highest BCUT2D eigenvalue weighted by Crippen LogP contribution is 2.55. The molecule has 1 aromatic rings. The van der Waals surface area contributed by atoms with Crippen molar-refractivity contribution in [2.24, 2.45) is 5.92 Å². The number of hydrogen-bond acceptors (Lipinski definition) is 3. The van der Waals surface area contributed by atoms with Gasteiger partial charge in [-0.3, -0.25) is 5.32 Å². The van der Waals surface area contributed by atoms with Gasteiger partial charge in [-0.25, -0.2) is 4.79 Å². The van der Waals surface area contributed by atoms with Crippen LogP contribution in [0.2, 0.25) is 5.02 Å². The standard InChI is InChI=1S/C13H13ClF3NO3/c1-21-11(19)18-10-5-4-8(14)6-9(10)12(20,7-2-3-7)13(15,16)17/h4-7,20H,2-3H2,1H3,(H,18,19). The van der Waals surface area contributed by atoms with Crippen molar-refractivity contribution in [3.05, 3.63) is 28.8 Å². The van der Waals surface area contributed by atoms with Crippen LogP contribution >= 0.6 is 11.6 Å². The van der Waals surface area contributed by atoms with Crippen LogP contribution in [0.25, 0.3) is 0 Å². The molecule has 0 saturated heterocycles. The monoisotopic (exact) mass is 323 g/mol. The number of hydrogen-bond donors (Lipinski definition) is 2. The second kappa shape index (κ2) is 5.38. The summed E-state index contributed by atoms with van der Waals surface area (Å²) >= 11 is 5.75. The van der Waals surface area contributed by atoms with Crippen LogP contribution in [0.5, 0.6) is 0 Å². The molecule has 1 amide bonds. The fourth-order valence-electron chi connectivity index (χ4n) is 2.21. The first kappa shape index (κ1) is 15.9. The van der Waals surface area contributed by atoms with Gasteiger partial charge in [0.15, 0.2) is 5.60 Å². The average Bonchev–Trinajstić information content (AvgIpc) is 3.23. The van der Waals surface area contributed by atoms with Gasteiger partial charge in [0, 0.05) is 16.5 Å². The van der Waals surface area contributed by atoms with Gasteiger partial charge in [-0.15, -0.1) is 0 Å². The molecule has 1 fully saturated rings. The first-order valence-corrected chi connectivity index (χ1v) is 6.52. The SMILES string of the molecule is COC(=O)Nc1ccc(Cl)cc1C(O)(C1CC1)C(F)(F)F. The van der Waals surface area contributed by atoms with Crippen molar-refractivity contribution >= 4 is 23.4 Å². The number of alkyl halides is 3. The van der Waals surface area contributed by atoms with Gasteiger partial charge in [0.1, 0.15) is 0 Å². The van der Waals surface area contributed by atoms with Gasteiger partial charge >= 0.3 is 12.3 Å². The van der Waals surface area contributed by atoms with E-state index < -0.39 is 29.4 Å². The molecule has 116 valence electrons. The molecule has 0 spiro atoms. The lowest BCUT2D eigenvalue weighted by Crippen LogP contribution is -2.45. The summed E-state index contributed by atoms with van der Waals surface area (Å²) < 4.78 is 44.5. The molecule has 0 aliphatic heterocycles. The predicted octanol–water partition coefficient (Wildman–Crippen LogP) is 3.68. The number of ether oxygens (including phenoxy) is 1. The van der Waals surface area contributed by atoms with Crippen molar-refractivity contribution < 1.29 is 27.8 Å². The maximum absolute atomic E-state index is 13.4. The quantitative estimate of drug-likeness (QED) is 0.892. The number of aliphatic hydroxyl groups is 1. The van der Waals surface area contributed by atoms with Crippen molar-refractivity contribution in [2.45, 2.75) is 24.6 Å². The summed E-state index contributed by atoms with van der Waals surface area (Å²) in [7, 11) is 1.09. The summed E-state index contributed by atoms with van der Waals surface area (Å²) in [4.78, 5) is 11.3. The van der Waals surface area contributed by atoms with E-state index >= 15 is 0 Å². The van der Waals surface area contributed by atoms with Gasteiger partial charge in [-0.1, -0.05) is 11.6 Å². The van der Waals surface area contributed by atoms with Gasteiger partial charge in [0.25, 0.3) is 0 Å². The number of carbonyl (C=O) groups excluding carboxylic acids is 1. The zero-order chi connectivity index (χ0) is 15.8. The van der Waals surface area contributed by atoms with Gasteiger partial charge in [0.05, 0.1) is 12.8 Å². The van der Waals surface area contributed by atoms with E-state index in [2.05, 4.69) is 10.1 Å². The number of carbonyl (C=O) groups is 1. The molecule has 0 radical (unpaired) electrons. The lowest BCUT2D eigenvalue weighted by atomic mass is 9.86. The normalized spacial score (nSPS) is 18.0. The molecule has 2 N–H and O–H groups in total. The highest BCUT2D eigenvalue weighted by atomic mass is 35.5. The molecular formula is C13H13ClF3NO3. The molecular weight excluding hydrogens is 311 g/mol. The largest absolute Gasteiger partial charge is 0.453 e. The topological polar surface area (TPSA) is 58.6 Å². The van der Waals surface area contributed by atoms with Crippen molar-refractivity contribution in [1.82, 2.24) is 0 Å². The third-order valence-electron chi connectivity index (χ3n) is 3.41. The fraction of sp³-hybridized carbons (Fsp3) is 0.462. The Kier molecular flexibility index (Phi) is 4.08. The maximum atomic E-state index is 13.4. The Morgan fingerprint density at radius 1 is 1.43 bits per heavy atom. The molecule has 8 heteroatoms. The Morgan fingerprint density at radius 2 is 2.05 bits per heavy atom. The van der Waals surface area contributed by atoms with Crippen molar-refractivity contribution in [2.75, 3.05) is 12.4 Å².